The number of oxime groups is 1. The van der Waals surface area contributed by atoms with Gasteiger partial charge in [-0.25, -0.2) is 4.79 Å². The van der Waals surface area contributed by atoms with Gasteiger partial charge in [0.2, 0.25) is 0 Å². The van der Waals surface area contributed by atoms with Crippen molar-refractivity contribution in [2.75, 3.05) is 0 Å². The summed E-state index contributed by atoms with van der Waals surface area (Å²) < 4.78 is 0. The molecule has 0 aromatic heterocycles. The fraction of sp³-hybridized carbons (Fsp3) is 0.300. The average Bonchev–Trinajstić information content (AvgIpc) is 2.72. The van der Waals surface area contributed by atoms with Crippen LogP contribution in [0.2, 0.25) is 0 Å². The molecule has 0 radical (unpaired) electrons. The molecule has 0 saturated heterocycles. The third kappa shape index (κ3) is 4.45. The van der Waals surface area contributed by atoms with Crippen LogP contribution >= 0.6 is 0 Å². The maximum atomic E-state index is 12.3. The average molecular weight is 397 g/mol. The van der Waals surface area contributed by atoms with E-state index >= 15 is 0 Å². The van der Waals surface area contributed by atoms with Crippen LogP contribution in [0.5, 0.6) is 0 Å². The molecule has 0 N–H and O–H groups in total. The molecule has 1 aliphatic carbocycles. The molecule has 2 aromatic carbocycles. The Labute approximate surface area is 166 Å². The topological polar surface area (TPSA) is 125 Å². The van der Waals surface area contributed by atoms with E-state index < -0.39 is 21.7 Å². The SMILES string of the molecule is Cc1ccccc1C(=O)O/N=C1\CCCC[C@H]1c1ccc([N+](=O)[O-])cc1[N+](=O)[O-]. The van der Waals surface area contributed by atoms with Gasteiger partial charge in [0.1, 0.15) is 0 Å². The second-order valence-corrected chi connectivity index (χ2v) is 6.83. The lowest BCUT2D eigenvalue weighted by Crippen LogP contribution is -2.20. The zero-order chi connectivity index (χ0) is 21.0. The lowest BCUT2D eigenvalue weighted by molar-refractivity contribution is -0.394. The summed E-state index contributed by atoms with van der Waals surface area (Å²) in [5.74, 6) is -1.03. The molecule has 1 aliphatic rings. The minimum atomic E-state index is -0.670. The molecule has 0 aliphatic heterocycles. The Morgan fingerprint density at radius 1 is 1.10 bits per heavy atom. The molecule has 0 spiro atoms. The van der Waals surface area contributed by atoms with Gasteiger partial charge in [-0.2, -0.15) is 0 Å². The van der Waals surface area contributed by atoms with E-state index in [-0.39, 0.29) is 11.4 Å². The number of nitrogens with zero attached hydrogens (tertiary/aromatic N) is 3. The zero-order valence-electron chi connectivity index (χ0n) is 15.7. The van der Waals surface area contributed by atoms with Crippen molar-refractivity contribution in [1.29, 1.82) is 0 Å². The largest absolute Gasteiger partial charge is 0.365 e. The van der Waals surface area contributed by atoms with Crippen molar-refractivity contribution in [3.63, 3.8) is 0 Å². The summed E-state index contributed by atoms with van der Waals surface area (Å²) in [7, 11) is 0. The Morgan fingerprint density at radius 2 is 1.86 bits per heavy atom. The van der Waals surface area contributed by atoms with Gasteiger partial charge in [-0.05, 0) is 43.9 Å². The van der Waals surface area contributed by atoms with Gasteiger partial charge in [0, 0.05) is 17.5 Å². The highest BCUT2D eigenvalue weighted by Gasteiger charge is 2.31. The molecular formula is C20H19N3O6. The summed E-state index contributed by atoms with van der Waals surface area (Å²) in [6.45, 7) is 1.79. The van der Waals surface area contributed by atoms with Crippen molar-refractivity contribution < 1.29 is 19.5 Å². The van der Waals surface area contributed by atoms with E-state index in [0.29, 0.717) is 29.7 Å². The Bertz CT molecular complexity index is 1000. The Hall–Kier alpha value is -3.62. The first-order valence-electron chi connectivity index (χ1n) is 9.15. The molecule has 0 bridgehead atoms. The van der Waals surface area contributed by atoms with Crippen LogP contribution in [0.4, 0.5) is 11.4 Å². The van der Waals surface area contributed by atoms with Crippen LogP contribution in [-0.4, -0.2) is 21.5 Å². The summed E-state index contributed by atoms with van der Waals surface area (Å²) in [6.07, 6.45) is 2.75. The van der Waals surface area contributed by atoms with Gasteiger partial charge in [0.15, 0.2) is 0 Å². The van der Waals surface area contributed by atoms with Crippen LogP contribution in [0.25, 0.3) is 0 Å². The van der Waals surface area contributed by atoms with Gasteiger partial charge in [0.25, 0.3) is 11.4 Å². The van der Waals surface area contributed by atoms with Crippen LogP contribution in [-0.2, 0) is 4.84 Å². The molecule has 150 valence electrons. The predicted octanol–water partition coefficient (Wildman–Crippen LogP) is 4.68. The van der Waals surface area contributed by atoms with E-state index in [9.17, 15) is 25.0 Å². The van der Waals surface area contributed by atoms with Crippen molar-refractivity contribution in [3.8, 4) is 0 Å². The van der Waals surface area contributed by atoms with Crippen LogP contribution in [0.15, 0.2) is 47.6 Å². The van der Waals surface area contributed by atoms with Crippen molar-refractivity contribution in [1.82, 2.24) is 0 Å². The lowest BCUT2D eigenvalue weighted by Gasteiger charge is -2.23. The maximum Gasteiger partial charge on any atom is 0.365 e. The smallest absolute Gasteiger partial charge is 0.313 e. The van der Waals surface area contributed by atoms with Crippen LogP contribution < -0.4 is 0 Å². The van der Waals surface area contributed by atoms with Gasteiger partial charge in [-0.1, -0.05) is 29.8 Å². The lowest BCUT2D eigenvalue weighted by atomic mass is 9.81. The van der Waals surface area contributed by atoms with Crippen molar-refractivity contribution in [2.24, 2.45) is 5.16 Å². The van der Waals surface area contributed by atoms with Crippen molar-refractivity contribution in [3.05, 3.63) is 79.4 Å². The highest BCUT2D eigenvalue weighted by molar-refractivity contribution is 5.94. The van der Waals surface area contributed by atoms with Gasteiger partial charge < -0.3 is 4.84 Å². The molecule has 9 nitrogen and oxygen atoms in total. The number of hydrogen-bond acceptors (Lipinski definition) is 7. The number of non-ortho nitro benzene ring substituents is 1. The standard InChI is InChI=1S/C20H19N3O6/c1-13-6-2-3-7-15(13)20(24)29-21-18-9-5-4-8-16(18)17-11-10-14(22(25)26)12-19(17)23(27)28/h2-3,6-7,10-12,16H,4-5,8-9H2,1H3/b21-18+/t16-/m0/s1. The first kappa shape index (κ1) is 20.1. The molecule has 3 rings (SSSR count). The van der Waals surface area contributed by atoms with E-state index in [2.05, 4.69) is 5.16 Å². The Balaban J connectivity index is 1.91. The van der Waals surface area contributed by atoms with Crippen LogP contribution in [0.3, 0.4) is 0 Å². The number of rotatable bonds is 5. The molecule has 0 heterocycles. The van der Waals surface area contributed by atoms with E-state index in [1.807, 2.05) is 6.07 Å². The summed E-state index contributed by atoms with van der Waals surface area (Å²) in [4.78, 5) is 38.6. The van der Waals surface area contributed by atoms with Gasteiger partial charge in [-0.3, -0.25) is 20.2 Å². The number of nitro groups is 2. The van der Waals surface area contributed by atoms with Gasteiger partial charge in [0.05, 0.1) is 27.2 Å². The predicted molar refractivity (Wildman–Crippen MR) is 105 cm³/mol. The third-order valence-corrected chi connectivity index (χ3v) is 4.99. The quantitative estimate of drug-likeness (QED) is 0.410. The number of aryl methyl sites for hydroxylation is 1. The number of nitro benzene ring substituents is 2. The Morgan fingerprint density at radius 3 is 2.55 bits per heavy atom. The summed E-state index contributed by atoms with van der Waals surface area (Å²) >= 11 is 0. The summed E-state index contributed by atoms with van der Waals surface area (Å²) in [5, 5.41) is 26.5. The fourth-order valence-corrected chi connectivity index (χ4v) is 3.49. The monoisotopic (exact) mass is 397 g/mol. The van der Waals surface area contributed by atoms with E-state index in [1.54, 1.807) is 25.1 Å². The first-order chi connectivity index (χ1) is 13.9. The third-order valence-electron chi connectivity index (χ3n) is 4.99. The first-order valence-corrected chi connectivity index (χ1v) is 9.15. The molecule has 0 amide bonds. The molecule has 1 saturated carbocycles. The van der Waals surface area contributed by atoms with E-state index in [1.165, 1.54) is 12.1 Å². The summed E-state index contributed by atoms with van der Waals surface area (Å²) in [5.41, 5.74) is 1.33. The van der Waals surface area contributed by atoms with Crippen molar-refractivity contribution >= 4 is 23.1 Å². The molecular weight excluding hydrogens is 378 g/mol. The molecule has 0 unspecified atom stereocenters. The second-order valence-electron chi connectivity index (χ2n) is 6.83. The zero-order valence-corrected chi connectivity index (χ0v) is 15.7. The van der Waals surface area contributed by atoms with E-state index in [4.69, 9.17) is 4.84 Å². The maximum absolute atomic E-state index is 12.3. The number of benzene rings is 2. The molecule has 1 atom stereocenters. The minimum absolute atomic E-state index is 0.330. The second kappa shape index (κ2) is 8.59. The van der Waals surface area contributed by atoms with Crippen molar-refractivity contribution in [2.45, 2.75) is 38.5 Å². The normalized spacial score (nSPS) is 17.7. The number of carbonyl (C=O) groups is 1. The fourth-order valence-electron chi connectivity index (χ4n) is 3.49. The van der Waals surface area contributed by atoms with Crippen LogP contribution in [0.1, 0.15) is 53.1 Å². The molecule has 1 fully saturated rings. The molecule has 29 heavy (non-hydrogen) atoms. The highest BCUT2D eigenvalue weighted by atomic mass is 16.7. The van der Waals surface area contributed by atoms with E-state index in [0.717, 1.165) is 24.5 Å². The molecule has 9 heteroatoms. The van der Waals surface area contributed by atoms with Gasteiger partial charge >= 0.3 is 5.97 Å². The minimum Gasteiger partial charge on any atom is -0.313 e. The summed E-state index contributed by atoms with van der Waals surface area (Å²) in [6, 6.07) is 10.5. The Kier molecular flexibility index (Phi) is 5.96. The highest BCUT2D eigenvalue weighted by Crippen LogP contribution is 2.37. The number of carbonyl (C=O) groups excluding carboxylic acids is 1. The van der Waals surface area contributed by atoms with Crippen LogP contribution in [0, 0.1) is 27.2 Å². The molecule has 2 aromatic rings. The number of hydrogen-bond donors (Lipinski definition) is 0. The van der Waals surface area contributed by atoms with Gasteiger partial charge in [-0.15, -0.1) is 0 Å².